The summed E-state index contributed by atoms with van der Waals surface area (Å²) in [5.74, 6) is -0.0565. The summed E-state index contributed by atoms with van der Waals surface area (Å²) in [6.07, 6.45) is -0.301. The minimum absolute atomic E-state index is 0.208. The molecule has 3 atom stereocenters. The van der Waals surface area contributed by atoms with Crippen molar-refractivity contribution in [3.05, 3.63) is 71.8 Å². The van der Waals surface area contributed by atoms with Gasteiger partial charge in [-0.15, -0.1) is 11.8 Å². The second kappa shape index (κ2) is 9.02. The number of rotatable bonds is 5. The van der Waals surface area contributed by atoms with E-state index in [1.807, 2.05) is 79.7 Å². The van der Waals surface area contributed by atoms with Gasteiger partial charge in [0.05, 0.1) is 17.0 Å². The lowest BCUT2D eigenvalue weighted by Crippen LogP contribution is -2.51. The van der Waals surface area contributed by atoms with Crippen LogP contribution >= 0.6 is 11.8 Å². The Kier molecular flexibility index (Phi) is 6.20. The van der Waals surface area contributed by atoms with Gasteiger partial charge in [0.15, 0.2) is 0 Å². The summed E-state index contributed by atoms with van der Waals surface area (Å²) in [6.45, 7) is 0.227. The third-order valence-corrected chi connectivity index (χ3v) is 6.53. The number of nitrogens with zero attached hydrogens (tertiary/aromatic N) is 3. The molecule has 2 aromatic rings. The van der Waals surface area contributed by atoms with Gasteiger partial charge in [0.25, 0.3) is 0 Å². The van der Waals surface area contributed by atoms with Gasteiger partial charge in [-0.2, -0.15) is 0 Å². The number of benzene rings is 2. The fraction of sp³-hybridized carbons (Fsp3) is 0.348. The minimum atomic E-state index is -0.554. The predicted molar refractivity (Wildman–Crippen MR) is 119 cm³/mol. The van der Waals surface area contributed by atoms with Gasteiger partial charge in [-0.05, 0) is 26.1 Å². The first-order chi connectivity index (χ1) is 14.5. The van der Waals surface area contributed by atoms with Crippen LogP contribution in [0.2, 0.25) is 0 Å². The maximum absolute atomic E-state index is 13.5. The van der Waals surface area contributed by atoms with E-state index < -0.39 is 12.0 Å². The van der Waals surface area contributed by atoms with Crippen LogP contribution in [0.15, 0.2) is 65.7 Å². The molecule has 0 aromatic heterocycles. The van der Waals surface area contributed by atoms with Gasteiger partial charge in [0.2, 0.25) is 5.91 Å². The van der Waals surface area contributed by atoms with Crippen LogP contribution in [-0.4, -0.2) is 65.5 Å². The van der Waals surface area contributed by atoms with E-state index in [1.165, 1.54) is 4.90 Å². The molecule has 156 valence electrons. The molecule has 0 bridgehead atoms. The smallest absolute Gasteiger partial charge is 0.416 e. The zero-order chi connectivity index (χ0) is 21.1. The van der Waals surface area contributed by atoms with Crippen LogP contribution in [0.3, 0.4) is 0 Å². The third kappa shape index (κ3) is 4.27. The maximum atomic E-state index is 13.5. The molecular weight excluding hydrogens is 398 g/mol. The van der Waals surface area contributed by atoms with E-state index in [-0.39, 0.29) is 24.7 Å². The highest BCUT2D eigenvalue weighted by molar-refractivity contribution is 8.14. The molecule has 0 unspecified atom stereocenters. The van der Waals surface area contributed by atoms with Crippen LogP contribution in [-0.2, 0) is 16.0 Å². The fourth-order valence-corrected chi connectivity index (χ4v) is 5.00. The number of carbonyl (C=O) groups is 2. The standard InChI is InChI=1S/C23H25N3O3S/c1-25(2)20-19(15-30-21(24-20)17-11-7-4-8-12-17)22(27)26-18(14-29-23(26)28)13-16-9-5-3-6-10-16/h3-12,18-20H,13-15H2,1-2H3/t18-,19-,20+/m1/s1. The molecule has 0 N–H and O–H groups in total. The summed E-state index contributed by atoms with van der Waals surface area (Å²) >= 11 is 1.56. The fourth-order valence-electron chi connectivity index (χ4n) is 3.86. The van der Waals surface area contributed by atoms with Gasteiger partial charge in [-0.25, -0.2) is 9.69 Å². The molecule has 1 saturated heterocycles. The van der Waals surface area contributed by atoms with E-state index in [9.17, 15) is 9.59 Å². The molecule has 0 saturated carbocycles. The van der Waals surface area contributed by atoms with Crippen molar-refractivity contribution in [3.8, 4) is 0 Å². The Morgan fingerprint density at radius 2 is 1.80 bits per heavy atom. The van der Waals surface area contributed by atoms with Crippen LogP contribution in [0.5, 0.6) is 0 Å². The lowest BCUT2D eigenvalue weighted by atomic mass is 10.0. The van der Waals surface area contributed by atoms with Crippen molar-refractivity contribution in [2.24, 2.45) is 10.9 Å². The normalized spacial score (nSPS) is 24.0. The molecule has 2 aliphatic heterocycles. The van der Waals surface area contributed by atoms with Gasteiger partial charge >= 0.3 is 6.09 Å². The van der Waals surface area contributed by atoms with Crippen molar-refractivity contribution >= 4 is 28.8 Å². The number of hydrogen-bond acceptors (Lipinski definition) is 6. The zero-order valence-electron chi connectivity index (χ0n) is 17.1. The number of amides is 2. The van der Waals surface area contributed by atoms with E-state index in [2.05, 4.69) is 0 Å². The van der Waals surface area contributed by atoms with E-state index in [0.717, 1.165) is 16.2 Å². The molecule has 2 aliphatic rings. The lowest BCUT2D eigenvalue weighted by molar-refractivity contribution is -0.134. The average Bonchev–Trinajstić information content (AvgIpc) is 3.14. The highest BCUT2D eigenvalue weighted by atomic mass is 32.2. The van der Waals surface area contributed by atoms with Crippen molar-refractivity contribution in [1.29, 1.82) is 0 Å². The topological polar surface area (TPSA) is 62.2 Å². The van der Waals surface area contributed by atoms with Gasteiger partial charge in [-0.1, -0.05) is 60.7 Å². The Hall–Kier alpha value is -2.64. The van der Waals surface area contributed by atoms with E-state index in [4.69, 9.17) is 9.73 Å². The molecule has 0 spiro atoms. The number of hydrogen-bond donors (Lipinski definition) is 0. The summed E-state index contributed by atoms with van der Waals surface area (Å²) in [4.78, 5) is 34.1. The quantitative estimate of drug-likeness (QED) is 0.739. The van der Waals surface area contributed by atoms with Crippen molar-refractivity contribution in [2.75, 3.05) is 26.5 Å². The largest absolute Gasteiger partial charge is 0.447 e. The summed E-state index contributed by atoms with van der Waals surface area (Å²) < 4.78 is 5.26. The van der Waals surface area contributed by atoms with Crippen LogP contribution < -0.4 is 0 Å². The number of imide groups is 1. The van der Waals surface area contributed by atoms with Crippen molar-refractivity contribution in [2.45, 2.75) is 18.6 Å². The molecule has 2 heterocycles. The molecule has 6 nitrogen and oxygen atoms in total. The Labute approximate surface area is 180 Å². The number of ether oxygens (including phenoxy) is 1. The molecule has 7 heteroatoms. The molecule has 2 aromatic carbocycles. The van der Waals surface area contributed by atoms with Crippen LogP contribution in [0.25, 0.3) is 0 Å². The Bertz CT molecular complexity index is 933. The predicted octanol–water partition coefficient (Wildman–Crippen LogP) is 3.27. The van der Waals surface area contributed by atoms with Crippen molar-refractivity contribution in [1.82, 2.24) is 9.80 Å². The minimum Gasteiger partial charge on any atom is -0.447 e. The highest BCUT2D eigenvalue weighted by Gasteiger charge is 2.44. The van der Waals surface area contributed by atoms with Crippen molar-refractivity contribution in [3.63, 3.8) is 0 Å². The van der Waals surface area contributed by atoms with Gasteiger partial charge in [0.1, 0.15) is 12.8 Å². The van der Waals surface area contributed by atoms with Crippen molar-refractivity contribution < 1.29 is 14.3 Å². The molecule has 1 fully saturated rings. The zero-order valence-corrected chi connectivity index (χ0v) is 17.9. The first-order valence-corrected chi connectivity index (χ1v) is 11.0. The Morgan fingerprint density at radius 3 is 2.47 bits per heavy atom. The number of carbonyl (C=O) groups excluding carboxylic acids is 2. The first-order valence-electron chi connectivity index (χ1n) is 10.0. The van der Waals surface area contributed by atoms with Gasteiger partial charge in [-0.3, -0.25) is 14.7 Å². The van der Waals surface area contributed by atoms with Crippen LogP contribution in [0, 0.1) is 5.92 Å². The number of cyclic esters (lactones) is 1. The van der Waals surface area contributed by atoms with E-state index >= 15 is 0 Å². The summed E-state index contributed by atoms with van der Waals surface area (Å²) in [7, 11) is 3.83. The third-order valence-electron chi connectivity index (χ3n) is 5.39. The molecule has 4 rings (SSSR count). The lowest BCUT2D eigenvalue weighted by Gasteiger charge is -2.34. The molecule has 30 heavy (non-hydrogen) atoms. The molecular formula is C23H25N3O3S. The summed E-state index contributed by atoms with van der Waals surface area (Å²) in [5, 5.41) is 0.920. The summed E-state index contributed by atoms with van der Waals surface area (Å²) in [6, 6.07) is 19.6. The Balaban J connectivity index is 1.56. The highest BCUT2D eigenvalue weighted by Crippen LogP contribution is 2.31. The second-order valence-corrected chi connectivity index (χ2v) is 8.73. The first kappa shape index (κ1) is 20.6. The van der Waals surface area contributed by atoms with Crippen LogP contribution in [0.4, 0.5) is 4.79 Å². The monoisotopic (exact) mass is 423 g/mol. The van der Waals surface area contributed by atoms with Gasteiger partial charge < -0.3 is 4.74 Å². The molecule has 0 aliphatic carbocycles. The molecule has 0 radical (unpaired) electrons. The molecule has 2 amide bonds. The average molecular weight is 424 g/mol. The van der Waals surface area contributed by atoms with E-state index in [0.29, 0.717) is 12.2 Å². The van der Waals surface area contributed by atoms with E-state index in [1.54, 1.807) is 11.8 Å². The SMILES string of the molecule is CN(C)[C@@H]1N=C(c2ccccc2)SC[C@H]1C(=O)N1C(=O)OC[C@H]1Cc1ccccc1. The van der Waals surface area contributed by atoms with Crippen LogP contribution in [0.1, 0.15) is 11.1 Å². The Morgan fingerprint density at radius 1 is 1.13 bits per heavy atom. The summed E-state index contributed by atoms with van der Waals surface area (Å²) in [5.41, 5.74) is 2.12. The number of thioether (sulfide) groups is 1. The van der Waals surface area contributed by atoms with Gasteiger partial charge in [0, 0.05) is 11.3 Å². The second-order valence-electron chi connectivity index (χ2n) is 7.72. The maximum Gasteiger partial charge on any atom is 0.416 e. The number of aliphatic imine (C=N–C) groups is 1.